The molecule has 0 atom stereocenters. The number of carbonyl (C=O) groups is 1. The van der Waals surface area contributed by atoms with Gasteiger partial charge in [0, 0.05) is 18.4 Å². The Bertz CT molecular complexity index is 636. The zero-order valence-electron chi connectivity index (χ0n) is 11.7. The lowest BCUT2D eigenvalue weighted by Crippen LogP contribution is -2.09. The van der Waals surface area contributed by atoms with E-state index in [1.165, 1.54) is 7.11 Å². The predicted molar refractivity (Wildman–Crippen MR) is 75.3 cm³/mol. The molecule has 1 aromatic carbocycles. The molecule has 0 aliphatic heterocycles. The third-order valence-corrected chi connectivity index (χ3v) is 2.89. The molecule has 7 nitrogen and oxygen atoms in total. The summed E-state index contributed by atoms with van der Waals surface area (Å²) >= 11 is 0. The van der Waals surface area contributed by atoms with E-state index in [0.717, 1.165) is 11.3 Å². The van der Waals surface area contributed by atoms with Gasteiger partial charge >= 0.3 is 5.97 Å². The standard InChI is InChI=1S/C13H17N5O2/c1-8-4-9(5-10(12(8)14)13(19)20-3)15-6-11-16-7-18(2)17-11/h4-5,7,15H,6,14H2,1-3H3. The molecule has 0 radical (unpaired) electrons. The molecule has 2 rings (SSSR count). The molecule has 0 amide bonds. The zero-order valence-corrected chi connectivity index (χ0v) is 11.7. The summed E-state index contributed by atoms with van der Waals surface area (Å²) in [6.07, 6.45) is 1.63. The lowest BCUT2D eigenvalue weighted by atomic mass is 10.1. The van der Waals surface area contributed by atoms with Crippen molar-refractivity contribution in [2.45, 2.75) is 13.5 Å². The largest absolute Gasteiger partial charge is 0.465 e. The van der Waals surface area contributed by atoms with Crippen molar-refractivity contribution in [2.24, 2.45) is 7.05 Å². The number of ether oxygens (including phenoxy) is 1. The topological polar surface area (TPSA) is 95.1 Å². The first-order valence-corrected chi connectivity index (χ1v) is 6.08. The van der Waals surface area contributed by atoms with Gasteiger partial charge in [0.1, 0.15) is 6.33 Å². The number of esters is 1. The molecule has 0 spiro atoms. The highest BCUT2D eigenvalue weighted by atomic mass is 16.5. The second-order valence-corrected chi connectivity index (χ2v) is 4.43. The number of anilines is 2. The van der Waals surface area contributed by atoms with E-state index in [9.17, 15) is 4.79 Å². The Morgan fingerprint density at radius 1 is 1.50 bits per heavy atom. The van der Waals surface area contributed by atoms with E-state index in [0.29, 0.717) is 23.6 Å². The van der Waals surface area contributed by atoms with Crippen LogP contribution in [0.4, 0.5) is 11.4 Å². The SMILES string of the molecule is COC(=O)c1cc(NCc2ncn(C)n2)cc(C)c1N. The lowest BCUT2D eigenvalue weighted by Gasteiger charge is -2.11. The molecule has 0 fully saturated rings. The van der Waals surface area contributed by atoms with Crippen LogP contribution in [0.2, 0.25) is 0 Å². The van der Waals surface area contributed by atoms with E-state index in [1.54, 1.807) is 24.1 Å². The van der Waals surface area contributed by atoms with Gasteiger partial charge in [-0.05, 0) is 24.6 Å². The van der Waals surface area contributed by atoms with Gasteiger partial charge in [-0.3, -0.25) is 4.68 Å². The summed E-state index contributed by atoms with van der Waals surface area (Å²) in [7, 11) is 3.13. The number of hydrogen-bond acceptors (Lipinski definition) is 6. The number of nitrogen functional groups attached to an aromatic ring is 1. The van der Waals surface area contributed by atoms with Gasteiger partial charge in [-0.25, -0.2) is 9.78 Å². The second-order valence-electron chi connectivity index (χ2n) is 4.43. The van der Waals surface area contributed by atoms with Crippen LogP contribution >= 0.6 is 0 Å². The minimum Gasteiger partial charge on any atom is -0.465 e. The van der Waals surface area contributed by atoms with E-state index in [1.807, 2.05) is 13.0 Å². The number of nitrogens with zero attached hydrogens (tertiary/aromatic N) is 3. The van der Waals surface area contributed by atoms with Crippen molar-refractivity contribution in [3.63, 3.8) is 0 Å². The average molecular weight is 275 g/mol. The molecule has 2 aromatic rings. The summed E-state index contributed by atoms with van der Waals surface area (Å²) in [6.45, 7) is 2.30. The van der Waals surface area contributed by atoms with E-state index >= 15 is 0 Å². The number of nitrogens with one attached hydrogen (secondary N) is 1. The summed E-state index contributed by atoms with van der Waals surface area (Å²) in [5, 5.41) is 7.33. The Morgan fingerprint density at radius 2 is 2.25 bits per heavy atom. The first-order valence-electron chi connectivity index (χ1n) is 6.08. The minimum absolute atomic E-state index is 0.351. The van der Waals surface area contributed by atoms with Gasteiger partial charge in [0.05, 0.1) is 19.2 Å². The molecule has 0 saturated heterocycles. The number of aryl methyl sites for hydroxylation is 2. The minimum atomic E-state index is -0.454. The van der Waals surface area contributed by atoms with Crippen LogP contribution in [0.25, 0.3) is 0 Å². The summed E-state index contributed by atoms with van der Waals surface area (Å²) in [5.41, 5.74) is 8.24. The zero-order chi connectivity index (χ0) is 14.7. The molecule has 0 bridgehead atoms. The van der Waals surface area contributed by atoms with Crippen LogP contribution in [0.5, 0.6) is 0 Å². The molecule has 0 unspecified atom stereocenters. The van der Waals surface area contributed by atoms with Gasteiger partial charge in [0.2, 0.25) is 0 Å². The maximum absolute atomic E-state index is 11.7. The van der Waals surface area contributed by atoms with E-state index in [4.69, 9.17) is 10.5 Å². The lowest BCUT2D eigenvalue weighted by molar-refractivity contribution is 0.0602. The van der Waals surface area contributed by atoms with Gasteiger partial charge in [-0.15, -0.1) is 0 Å². The first-order chi connectivity index (χ1) is 9.51. The van der Waals surface area contributed by atoms with Crippen LogP contribution in [0.3, 0.4) is 0 Å². The van der Waals surface area contributed by atoms with Crippen LogP contribution in [-0.4, -0.2) is 27.8 Å². The third kappa shape index (κ3) is 2.87. The van der Waals surface area contributed by atoms with Crippen LogP contribution in [0.1, 0.15) is 21.7 Å². The molecular weight excluding hydrogens is 258 g/mol. The number of hydrogen-bond donors (Lipinski definition) is 2. The number of nitrogens with two attached hydrogens (primary N) is 1. The number of aromatic nitrogens is 3. The molecular formula is C13H17N5O2. The van der Waals surface area contributed by atoms with Crippen LogP contribution in [0, 0.1) is 6.92 Å². The van der Waals surface area contributed by atoms with E-state index in [2.05, 4.69) is 15.4 Å². The van der Waals surface area contributed by atoms with Crippen molar-refractivity contribution >= 4 is 17.3 Å². The summed E-state index contributed by atoms with van der Waals surface area (Å²) in [4.78, 5) is 15.8. The fourth-order valence-electron chi connectivity index (χ4n) is 1.83. The van der Waals surface area contributed by atoms with Gasteiger partial charge < -0.3 is 15.8 Å². The number of methoxy groups -OCH3 is 1. The van der Waals surface area contributed by atoms with Crippen LogP contribution < -0.4 is 11.1 Å². The first kappa shape index (κ1) is 13.9. The summed E-state index contributed by atoms with van der Waals surface area (Å²) in [5.74, 6) is 0.215. The molecule has 1 aromatic heterocycles. The smallest absolute Gasteiger partial charge is 0.340 e. The molecule has 106 valence electrons. The Morgan fingerprint density at radius 3 is 2.85 bits per heavy atom. The van der Waals surface area contributed by atoms with Crippen molar-refractivity contribution in [1.29, 1.82) is 0 Å². The van der Waals surface area contributed by atoms with Crippen molar-refractivity contribution in [2.75, 3.05) is 18.2 Å². The van der Waals surface area contributed by atoms with E-state index in [-0.39, 0.29) is 0 Å². The fourth-order valence-corrected chi connectivity index (χ4v) is 1.83. The van der Waals surface area contributed by atoms with Crippen LogP contribution in [0.15, 0.2) is 18.5 Å². The highest BCUT2D eigenvalue weighted by Crippen LogP contribution is 2.23. The van der Waals surface area contributed by atoms with Crippen molar-refractivity contribution < 1.29 is 9.53 Å². The van der Waals surface area contributed by atoms with Gasteiger partial charge in [0.15, 0.2) is 5.82 Å². The van der Waals surface area contributed by atoms with Gasteiger partial charge in [-0.2, -0.15) is 5.10 Å². The molecule has 0 saturated carbocycles. The number of carbonyl (C=O) groups excluding carboxylic acids is 1. The van der Waals surface area contributed by atoms with Crippen LogP contribution in [-0.2, 0) is 18.3 Å². The highest BCUT2D eigenvalue weighted by molar-refractivity contribution is 5.97. The Labute approximate surface area is 116 Å². The predicted octanol–water partition coefficient (Wildman–Crippen LogP) is 1.10. The average Bonchev–Trinajstić information content (AvgIpc) is 2.85. The van der Waals surface area contributed by atoms with Gasteiger partial charge in [0.25, 0.3) is 0 Å². The third-order valence-electron chi connectivity index (χ3n) is 2.89. The Balaban J connectivity index is 2.19. The summed E-state index contributed by atoms with van der Waals surface area (Å²) < 4.78 is 6.35. The molecule has 20 heavy (non-hydrogen) atoms. The number of benzene rings is 1. The molecule has 7 heteroatoms. The fraction of sp³-hybridized carbons (Fsp3) is 0.308. The highest BCUT2D eigenvalue weighted by Gasteiger charge is 2.13. The van der Waals surface area contributed by atoms with Crippen molar-refractivity contribution in [3.8, 4) is 0 Å². The van der Waals surface area contributed by atoms with Crippen molar-refractivity contribution in [1.82, 2.24) is 14.8 Å². The second kappa shape index (κ2) is 5.60. The normalized spacial score (nSPS) is 10.3. The van der Waals surface area contributed by atoms with E-state index < -0.39 is 5.97 Å². The molecule has 0 aliphatic rings. The molecule has 1 heterocycles. The maximum atomic E-state index is 11.7. The quantitative estimate of drug-likeness (QED) is 0.641. The van der Waals surface area contributed by atoms with Crippen molar-refractivity contribution in [3.05, 3.63) is 35.4 Å². The molecule has 0 aliphatic carbocycles. The molecule has 3 N–H and O–H groups in total. The number of rotatable bonds is 4. The monoisotopic (exact) mass is 275 g/mol. The summed E-state index contributed by atoms with van der Waals surface area (Å²) in [6, 6.07) is 3.53. The Kier molecular flexibility index (Phi) is 3.88. The Hall–Kier alpha value is -2.57. The maximum Gasteiger partial charge on any atom is 0.340 e. The van der Waals surface area contributed by atoms with Gasteiger partial charge in [-0.1, -0.05) is 0 Å².